The van der Waals surface area contributed by atoms with Gasteiger partial charge in [-0.2, -0.15) is 4.98 Å². The van der Waals surface area contributed by atoms with Crippen LogP contribution in [0, 0.1) is 10.1 Å². The first kappa shape index (κ1) is 11.7. The molecule has 1 unspecified atom stereocenters. The van der Waals surface area contributed by atoms with Gasteiger partial charge in [0, 0.05) is 23.3 Å². The third-order valence-electron chi connectivity index (χ3n) is 1.70. The summed E-state index contributed by atoms with van der Waals surface area (Å²) in [7, 11) is 1.40. The molecule has 0 aliphatic carbocycles. The molecule has 15 heavy (non-hydrogen) atoms. The van der Waals surface area contributed by atoms with E-state index in [-0.39, 0.29) is 22.3 Å². The normalized spacial score (nSPS) is 12.2. The van der Waals surface area contributed by atoms with Gasteiger partial charge in [-0.1, -0.05) is 0 Å². The van der Waals surface area contributed by atoms with Crippen molar-refractivity contribution in [3.63, 3.8) is 0 Å². The van der Waals surface area contributed by atoms with Crippen LogP contribution in [-0.4, -0.2) is 27.3 Å². The Bertz CT molecular complexity index is 372. The highest BCUT2D eigenvalue weighted by molar-refractivity contribution is 7.91. The smallest absolute Gasteiger partial charge is 0.344 e. The predicted molar refractivity (Wildman–Crippen MR) is 54.4 cm³/mol. The molecule has 0 aliphatic rings. The second-order valence-corrected chi connectivity index (χ2v) is 4.22. The van der Waals surface area contributed by atoms with Crippen molar-refractivity contribution in [3.8, 4) is 5.88 Å². The Morgan fingerprint density at radius 1 is 1.60 bits per heavy atom. The molecular formula is C8H10N2O4S. The molecule has 0 aliphatic heterocycles. The first-order chi connectivity index (χ1) is 7.10. The molecule has 1 rings (SSSR count). The van der Waals surface area contributed by atoms with Crippen molar-refractivity contribution in [3.05, 3.63) is 22.2 Å². The highest BCUT2D eigenvalue weighted by Crippen LogP contribution is 2.25. The SMILES string of the molecule is CC[S+]([O-])c1nc(OC)ccc1[N+](=O)[O-]. The van der Waals surface area contributed by atoms with Crippen LogP contribution < -0.4 is 4.74 Å². The molecule has 0 radical (unpaired) electrons. The van der Waals surface area contributed by atoms with E-state index in [1.165, 1.54) is 19.2 Å². The molecule has 0 aromatic carbocycles. The molecule has 0 bridgehead atoms. The van der Waals surface area contributed by atoms with Gasteiger partial charge in [-0.05, 0) is 6.92 Å². The summed E-state index contributed by atoms with van der Waals surface area (Å²) in [6, 6.07) is 2.61. The number of rotatable bonds is 4. The van der Waals surface area contributed by atoms with Crippen LogP contribution in [0.4, 0.5) is 5.69 Å². The number of nitro groups is 1. The fraction of sp³-hybridized carbons (Fsp3) is 0.375. The number of methoxy groups -OCH3 is 1. The van der Waals surface area contributed by atoms with Crippen LogP contribution in [0.25, 0.3) is 0 Å². The van der Waals surface area contributed by atoms with Crippen LogP contribution in [0.5, 0.6) is 5.88 Å². The van der Waals surface area contributed by atoms with Gasteiger partial charge in [0.2, 0.25) is 5.88 Å². The Morgan fingerprint density at radius 2 is 2.27 bits per heavy atom. The molecule has 6 nitrogen and oxygen atoms in total. The van der Waals surface area contributed by atoms with Crippen molar-refractivity contribution in [1.29, 1.82) is 0 Å². The van der Waals surface area contributed by atoms with E-state index in [1.54, 1.807) is 6.92 Å². The Morgan fingerprint density at radius 3 is 2.73 bits per heavy atom. The maximum atomic E-state index is 11.5. The standard InChI is InChI=1S/C8H10N2O4S/c1-3-15(13)8-6(10(11)12)4-5-7(9-8)14-2/h4-5H,3H2,1-2H3. The monoisotopic (exact) mass is 230 g/mol. The molecule has 0 saturated heterocycles. The molecule has 1 atom stereocenters. The second-order valence-electron chi connectivity index (χ2n) is 2.57. The number of hydrogen-bond acceptors (Lipinski definition) is 5. The number of pyridine rings is 1. The summed E-state index contributed by atoms with van der Waals surface area (Å²) in [6.07, 6.45) is 0. The molecule has 1 aromatic rings. The van der Waals surface area contributed by atoms with Gasteiger partial charge in [-0.25, -0.2) is 0 Å². The fourth-order valence-corrected chi connectivity index (χ4v) is 1.81. The van der Waals surface area contributed by atoms with E-state index in [9.17, 15) is 14.7 Å². The lowest BCUT2D eigenvalue weighted by atomic mass is 10.4. The molecule has 82 valence electrons. The van der Waals surface area contributed by atoms with Gasteiger partial charge in [0.1, 0.15) is 5.75 Å². The fourth-order valence-electron chi connectivity index (χ4n) is 0.973. The van der Waals surface area contributed by atoms with Crippen molar-refractivity contribution in [2.24, 2.45) is 0 Å². The summed E-state index contributed by atoms with van der Waals surface area (Å²) in [5, 5.41) is 10.6. The van der Waals surface area contributed by atoms with E-state index in [0.29, 0.717) is 0 Å². The third kappa shape index (κ3) is 2.57. The summed E-state index contributed by atoms with van der Waals surface area (Å²) >= 11 is -1.47. The zero-order valence-electron chi connectivity index (χ0n) is 8.30. The molecule has 1 aromatic heterocycles. The topological polar surface area (TPSA) is 88.3 Å². The third-order valence-corrected chi connectivity index (χ3v) is 2.95. The Balaban J connectivity index is 3.22. The van der Waals surface area contributed by atoms with Crippen LogP contribution in [0.2, 0.25) is 0 Å². The molecule has 1 heterocycles. The number of ether oxygens (including phenoxy) is 1. The summed E-state index contributed by atoms with van der Waals surface area (Å²) in [4.78, 5) is 13.8. The van der Waals surface area contributed by atoms with E-state index in [2.05, 4.69) is 4.98 Å². The number of nitrogens with zero attached hydrogens (tertiary/aromatic N) is 2. The summed E-state index contributed by atoms with van der Waals surface area (Å²) in [6.45, 7) is 1.67. The molecule has 7 heteroatoms. The van der Waals surface area contributed by atoms with Gasteiger partial charge in [0.15, 0.2) is 0 Å². The van der Waals surface area contributed by atoms with Crippen LogP contribution in [0.15, 0.2) is 17.2 Å². The Labute approximate surface area is 89.6 Å². The summed E-state index contributed by atoms with van der Waals surface area (Å²) in [5.74, 6) is 0.499. The average molecular weight is 230 g/mol. The number of aromatic nitrogens is 1. The molecular weight excluding hydrogens is 220 g/mol. The minimum atomic E-state index is -1.47. The first-order valence-corrected chi connectivity index (χ1v) is 5.49. The van der Waals surface area contributed by atoms with E-state index < -0.39 is 16.1 Å². The minimum absolute atomic E-state index is 0.0400. The van der Waals surface area contributed by atoms with E-state index in [0.717, 1.165) is 0 Å². The molecule has 0 fully saturated rings. The Hall–Kier alpha value is -1.34. The Kier molecular flexibility index (Phi) is 3.87. The summed E-state index contributed by atoms with van der Waals surface area (Å²) in [5.41, 5.74) is -0.240. The molecule has 0 amide bonds. The maximum Gasteiger partial charge on any atom is 0.344 e. The molecule has 0 saturated carbocycles. The van der Waals surface area contributed by atoms with Crippen molar-refractivity contribution in [1.82, 2.24) is 4.98 Å². The van der Waals surface area contributed by atoms with Crippen LogP contribution in [0.1, 0.15) is 6.92 Å². The average Bonchev–Trinajstić information content (AvgIpc) is 2.26. The van der Waals surface area contributed by atoms with Crippen molar-refractivity contribution in [2.45, 2.75) is 11.9 Å². The molecule has 0 spiro atoms. The minimum Gasteiger partial charge on any atom is -0.610 e. The predicted octanol–water partition coefficient (Wildman–Crippen LogP) is 1.13. The molecule has 0 N–H and O–H groups in total. The quantitative estimate of drug-likeness (QED) is 0.439. The van der Waals surface area contributed by atoms with E-state index >= 15 is 0 Å². The second kappa shape index (κ2) is 4.94. The van der Waals surface area contributed by atoms with Gasteiger partial charge in [0.25, 0.3) is 0 Å². The van der Waals surface area contributed by atoms with Crippen molar-refractivity contribution >= 4 is 16.9 Å². The first-order valence-electron chi connectivity index (χ1n) is 4.18. The summed E-state index contributed by atoms with van der Waals surface area (Å²) < 4.78 is 16.3. The zero-order valence-corrected chi connectivity index (χ0v) is 9.11. The highest BCUT2D eigenvalue weighted by Gasteiger charge is 2.26. The van der Waals surface area contributed by atoms with Crippen LogP contribution in [0.3, 0.4) is 0 Å². The van der Waals surface area contributed by atoms with Crippen LogP contribution >= 0.6 is 0 Å². The maximum absolute atomic E-state index is 11.5. The lowest BCUT2D eigenvalue weighted by Gasteiger charge is -2.07. The van der Waals surface area contributed by atoms with E-state index in [4.69, 9.17) is 4.74 Å². The van der Waals surface area contributed by atoms with Gasteiger partial charge < -0.3 is 9.29 Å². The highest BCUT2D eigenvalue weighted by atomic mass is 32.2. The largest absolute Gasteiger partial charge is 0.610 e. The van der Waals surface area contributed by atoms with Crippen molar-refractivity contribution < 1.29 is 14.2 Å². The lowest BCUT2D eigenvalue weighted by molar-refractivity contribution is -0.388. The van der Waals surface area contributed by atoms with Crippen LogP contribution in [-0.2, 0) is 11.2 Å². The lowest BCUT2D eigenvalue weighted by Crippen LogP contribution is -2.10. The van der Waals surface area contributed by atoms with Gasteiger partial charge in [-0.15, -0.1) is 0 Å². The van der Waals surface area contributed by atoms with Gasteiger partial charge in [0.05, 0.1) is 12.0 Å². The van der Waals surface area contributed by atoms with E-state index in [1.807, 2.05) is 0 Å². The van der Waals surface area contributed by atoms with Gasteiger partial charge >= 0.3 is 10.7 Å². The number of hydrogen-bond donors (Lipinski definition) is 0. The van der Waals surface area contributed by atoms with Gasteiger partial charge in [-0.3, -0.25) is 10.1 Å². The zero-order chi connectivity index (χ0) is 11.4. The van der Waals surface area contributed by atoms with Crippen molar-refractivity contribution in [2.75, 3.05) is 12.9 Å².